The highest BCUT2D eigenvalue weighted by Gasteiger charge is 2.42. The third-order valence-corrected chi connectivity index (χ3v) is 8.24. The summed E-state index contributed by atoms with van der Waals surface area (Å²) in [5, 5.41) is 1.59. The molecule has 1 saturated carbocycles. The van der Waals surface area contributed by atoms with Crippen LogP contribution >= 0.6 is 0 Å². The Kier molecular flexibility index (Phi) is 3.90. The number of ether oxygens (including phenoxy) is 1. The van der Waals surface area contributed by atoms with E-state index in [2.05, 4.69) is 67.7 Å². The molecule has 0 amide bonds. The van der Waals surface area contributed by atoms with E-state index in [4.69, 9.17) is 4.74 Å². The minimum atomic E-state index is -1.30. The van der Waals surface area contributed by atoms with Crippen LogP contribution in [0.25, 0.3) is 0 Å². The number of hydrogen-bond acceptors (Lipinski definition) is 1. The Morgan fingerprint density at radius 3 is 2.29 bits per heavy atom. The van der Waals surface area contributed by atoms with E-state index in [9.17, 15) is 0 Å². The molecule has 0 unspecified atom stereocenters. The molecular formula is C19H24OSi. The highest BCUT2D eigenvalue weighted by atomic mass is 28.3. The molecule has 1 aliphatic rings. The molecule has 2 aromatic carbocycles. The van der Waals surface area contributed by atoms with Gasteiger partial charge in [0, 0.05) is 0 Å². The average molecular weight is 296 g/mol. The third kappa shape index (κ3) is 3.21. The number of benzene rings is 2. The molecule has 2 heteroatoms. The molecule has 0 heterocycles. The van der Waals surface area contributed by atoms with Crippen LogP contribution < -0.4 is 9.92 Å². The smallest absolute Gasteiger partial charge is 0.118 e. The van der Waals surface area contributed by atoms with Crippen molar-refractivity contribution in [3.05, 3.63) is 60.2 Å². The van der Waals surface area contributed by atoms with Gasteiger partial charge in [-0.05, 0) is 36.0 Å². The lowest BCUT2D eigenvalue weighted by Gasteiger charge is -2.23. The van der Waals surface area contributed by atoms with Crippen molar-refractivity contribution in [1.82, 2.24) is 0 Å². The average Bonchev–Trinajstić information content (AvgIpc) is 3.26. The Labute approximate surface area is 129 Å². The van der Waals surface area contributed by atoms with E-state index < -0.39 is 8.07 Å². The standard InChI is InChI=1S/C19H24OSi/c1-20-17-11-9-15(10-12-17)19-13-16(19)14-21(2,3)18-7-5-4-6-8-18/h4-12,16,19H,13-14H2,1-3H3/t16-,19+/m1/s1. The molecule has 1 nitrogen and oxygen atoms in total. The van der Waals surface area contributed by atoms with Gasteiger partial charge in [-0.25, -0.2) is 0 Å². The Balaban J connectivity index is 1.65. The van der Waals surface area contributed by atoms with E-state index in [0.717, 1.165) is 17.6 Å². The van der Waals surface area contributed by atoms with Crippen molar-refractivity contribution < 1.29 is 4.74 Å². The van der Waals surface area contributed by atoms with Crippen LogP contribution in [-0.2, 0) is 0 Å². The quantitative estimate of drug-likeness (QED) is 0.742. The lowest BCUT2D eigenvalue weighted by Crippen LogP contribution is -2.41. The second-order valence-electron chi connectivity index (χ2n) is 6.83. The summed E-state index contributed by atoms with van der Waals surface area (Å²) in [6.45, 7) is 5.01. The highest BCUT2D eigenvalue weighted by Crippen LogP contribution is 2.51. The minimum Gasteiger partial charge on any atom is -0.497 e. The van der Waals surface area contributed by atoms with Crippen LogP contribution in [0.1, 0.15) is 17.9 Å². The fourth-order valence-corrected chi connectivity index (χ4v) is 6.49. The first-order valence-electron chi connectivity index (χ1n) is 7.79. The number of hydrogen-bond donors (Lipinski definition) is 0. The summed E-state index contributed by atoms with van der Waals surface area (Å²) in [7, 11) is 0.428. The van der Waals surface area contributed by atoms with Crippen LogP contribution in [0.4, 0.5) is 0 Å². The minimum absolute atomic E-state index is 0.770. The molecule has 0 radical (unpaired) electrons. The van der Waals surface area contributed by atoms with E-state index in [1.807, 2.05) is 0 Å². The maximum Gasteiger partial charge on any atom is 0.118 e. The second kappa shape index (κ2) is 5.68. The maximum atomic E-state index is 5.24. The molecule has 2 atom stereocenters. The first-order chi connectivity index (χ1) is 10.1. The van der Waals surface area contributed by atoms with Gasteiger partial charge in [0.2, 0.25) is 0 Å². The van der Waals surface area contributed by atoms with Gasteiger partial charge in [-0.2, -0.15) is 0 Å². The van der Waals surface area contributed by atoms with Crippen LogP contribution in [0.3, 0.4) is 0 Å². The molecular weight excluding hydrogens is 272 g/mol. The molecule has 21 heavy (non-hydrogen) atoms. The summed E-state index contributed by atoms with van der Waals surface area (Å²) in [6, 6.07) is 21.2. The third-order valence-electron chi connectivity index (χ3n) is 4.79. The Morgan fingerprint density at radius 2 is 1.67 bits per heavy atom. The van der Waals surface area contributed by atoms with E-state index >= 15 is 0 Å². The Hall–Kier alpha value is -1.54. The fourth-order valence-electron chi connectivity index (χ4n) is 3.40. The largest absolute Gasteiger partial charge is 0.497 e. The van der Waals surface area contributed by atoms with Crippen molar-refractivity contribution in [2.75, 3.05) is 7.11 Å². The maximum absolute atomic E-state index is 5.24. The zero-order chi connectivity index (χ0) is 14.9. The molecule has 1 fully saturated rings. The van der Waals surface area contributed by atoms with Crippen molar-refractivity contribution in [2.45, 2.75) is 31.5 Å². The Morgan fingerprint density at radius 1 is 1.00 bits per heavy atom. The molecule has 0 N–H and O–H groups in total. The Bertz CT molecular complexity index is 589. The summed E-state index contributed by atoms with van der Waals surface area (Å²) in [5.74, 6) is 2.60. The van der Waals surface area contributed by atoms with Crippen LogP contribution in [0, 0.1) is 5.92 Å². The van der Waals surface area contributed by atoms with Crippen LogP contribution in [0.5, 0.6) is 5.75 Å². The summed E-state index contributed by atoms with van der Waals surface area (Å²) >= 11 is 0. The van der Waals surface area contributed by atoms with Crippen LogP contribution in [-0.4, -0.2) is 15.2 Å². The van der Waals surface area contributed by atoms with E-state index in [1.54, 1.807) is 12.3 Å². The molecule has 0 spiro atoms. The van der Waals surface area contributed by atoms with Crippen molar-refractivity contribution in [3.63, 3.8) is 0 Å². The first-order valence-corrected chi connectivity index (χ1v) is 11.0. The molecule has 2 aromatic rings. The lowest BCUT2D eigenvalue weighted by molar-refractivity contribution is 0.414. The monoisotopic (exact) mass is 296 g/mol. The molecule has 0 aromatic heterocycles. The van der Waals surface area contributed by atoms with Crippen molar-refractivity contribution in [2.24, 2.45) is 5.92 Å². The van der Waals surface area contributed by atoms with Gasteiger partial charge in [-0.15, -0.1) is 0 Å². The topological polar surface area (TPSA) is 9.23 Å². The zero-order valence-electron chi connectivity index (χ0n) is 13.2. The van der Waals surface area contributed by atoms with Gasteiger partial charge in [0.05, 0.1) is 15.2 Å². The van der Waals surface area contributed by atoms with Gasteiger partial charge >= 0.3 is 0 Å². The van der Waals surface area contributed by atoms with Crippen LogP contribution in [0.15, 0.2) is 54.6 Å². The van der Waals surface area contributed by atoms with Crippen LogP contribution in [0.2, 0.25) is 19.1 Å². The number of rotatable bonds is 5. The van der Waals surface area contributed by atoms with Gasteiger partial charge in [-0.3, -0.25) is 0 Å². The van der Waals surface area contributed by atoms with Gasteiger partial charge in [-0.1, -0.05) is 66.8 Å². The molecule has 0 aliphatic heterocycles. The normalized spacial score (nSPS) is 21.1. The summed E-state index contributed by atoms with van der Waals surface area (Å²) < 4.78 is 5.24. The van der Waals surface area contributed by atoms with Gasteiger partial charge in [0.15, 0.2) is 0 Å². The fraction of sp³-hybridized carbons (Fsp3) is 0.368. The van der Waals surface area contributed by atoms with Gasteiger partial charge in [0.1, 0.15) is 5.75 Å². The molecule has 0 bridgehead atoms. The molecule has 110 valence electrons. The SMILES string of the molecule is COc1ccc([C@@H]2C[C@@H]2C[Si](C)(C)c2ccccc2)cc1. The van der Waals surface area contributed by atoms with Crippen molar-refractivity contribution in [1.29, 1.82) is 0 Å². The lowest BCUT2D eigenvalue weighted by atomic mass is 10.1. The molecule has 1 aliphatic carbocycles. The van der Waals surface area contributed by atoms with Gasteiger partial charge < -0.3 is 4.74 Å². The predicted molar refractivity (Wildman–Crippen MR) is 92.2 cm³/mol. The zero-order valence-corrected chi connectivity index (χ0v) is 14.2. The second-order valence-corrected chi connectivity index (χ2v) is 11.6. The predicted octanol–water partition coefficient (Wildman–Crippen LogP) is 4.41. The van der Waals surface area contributed by atoms with E-state index in [1.165, 1.54) is 18.0 Å². The summed E-state index contributed by atoms with van der Waals surface area (Å²) in [6.07, 6.45) is 1.36. The number of methoxy groups -OCH3 is 1. The summed E-state index contributed by atoms with van der Waals surface area (Å²) in [4.78, 5) is 0. The van der Waals surface area contributed by atoms with E-state index in [0.29, 0.717) is 0 Å². The molecule has 3 rings (SSSR count). The van der Waals surface area contributed by atoms with Crippen molar-refractivity contribution >= 4 is 13.3 Å². The summed E-state index contributed by atoms with van der Waals surface area (Å²) in [5.41, 5.74) is 1.48. The van der Waals surface area contributed by atoms with Crippen molar-refractivity contribution in [3.8, 4) is 5.75 Å². The highest BCUT2D eigenvalue weighted by molar-refractivity contribution is 6.89. The molecule has 0 saturated heterocycles. The van der Waals surface area contributed by atoms with Gasteiger partial charge in [0.25, 0.3) is 0 Å². The first kappa shape index (κ1) is 14.4. The van der Waals surface area contributed by atoms with E-state index in [-0.39, 0.29) is 0 Å².